The number of aryl methyl sites for hydroxylation is 1. The first-order valence-corrected chi connectivity index (χ1v) is 5.24. The van der Waals surface area contributed by atoms with E-state index < -0.39 is 0 Å². The molecule has 0 unspecified atom stereocenters. The third-order valence-corrected chi connectivity index (χ3v) is 2.14. The Morgan fingerprint density at radius 1 is 1.43 bits per heavy atom. The number of aromatic nitrogens is 3. The molecule has 2 heterocycles. The van der Waals surface area contributed by atoms with Crippen LogP contribution < -0.4 is 5.73 Å². The standard InChI is InChI=1S/C7H7BrN4.C2H6/c1-4-2-6(9)12-7(11-4)5(8)3-10-12;1-2/h2-3H,9H2,1H3;1-2H3. The first kappa shape index (κ1) is 11.0. The van der Waals surface area contributed by atoms with Crippen molar-refractivity contribution in [2.24, 2.45) is 0 Å². The maximum absolute atomic E-state index is 5.71. The van der Waals surface area contributed by atoms with Crippen LogP contribution in [0, 0.1) is 6.92 Å². The maximum Gasteiger partial charge on any atom is 0.171 e. The highest BCUT2D eigenvalue weighted by Crippen LogP contribution is 2.17. The number of hydrogen-bond donors (Lipinski definition) is 1. The van der Waals surface area contributed by atoms with Crippen LogP contribution in [0.2, 0.25) is 0 Å². The summed E-state index contributed by atoms with van der Waals surface area (Å²) in [4.78, 5) is 4.27. The number of nitrogens with zero attached hydrogens (tertiary/aromatic N) is 3. The van der Waals surface area contributed by atoms with Gasteiger partial charge in [0.05, 0.1) is 10.7 Å². The molecule has 0 saturated heterocycles. The van der Waals surface area contributed by atoms with Crippen molar-refractivity contribution in [3.05, 3.63) is 22.4 Å². The molecule has 0 radical (unpaired) electrons. The van der Waals surface area contributed by atoms with Gasteiger partial charge in [0, 0.05) is 11.8 Å². The number of nitrogen functional groups attached to an aromatic ring is 1. The summed E-state index contributed by atoms with van der Waals surface area (Å²) in [6, 6.07) is 1.78. The van der Waals surface area contributed by atoms with Gasteiger partial charge in [0.15, 0.2) is 5.65 Å². The van der Waals surface area contributed by atoms with Crippen LogP contribution in [0.1, 0.15) is 19.5 Å². The van der Waals surface area contributed by atoms with Crippen LogP contribution in [0.25, 0.3) is 5.65 Å². The SMILES string of the molecule is CC.Cc1cc(N)n2ncc(Br)c2n1. The summed E-state index contributed by atoms with van der Waals surface area (Å²) in [5, 5.41) is 4.04. The molecular weight excluding hydrogens is 244 g/mol. The molecule has 0 aromatic carbocycles. The minimum Gasteiger partial charge on any atom is -0.384 e. The Morgan fingerprint density at radius 2 is 2.07 bits per heavy atom. The molecule has 4 nitrogen and oxygen atoms in total. The molecule has 0 bridgehead atoms. The number of fused-ring (bicyclic) bond motifs is 1. The van der Waals surface area contributed by atoms with E-state index in [1.54, 1.807) is 16.8 Å². The van der Waals surface area contributed by atoms with Gasteiger partial charge in [0.1, 0.15) is 5.82 Å². The van der Waals surface area contributed by atoms with Crippen molar-refractivity contribution in [2.75, 3.05) is 5.73 Å². The largest absolute Gasteiger partial charge is 0.384 e. The van der Waals surface area contributed by atoms with Gasteiger partial charge in [-0.15, -0.1) is 0 Å². The second kappa shape index (κ2) is 4.41. The highest BCUT2D eigenvalue weighted by Gasteiger charge is 2.04. The Bertz CT molecular complexity index is 436. The summed E-state index contributed by atoms with van der Waals surface area (Å²) in [6.07, 6.45) is 1.68. The van der Waals surface area contributed by atoms with E-state index in [4.69, 9.17) is 5.73 Å². The van der Waals surface area contributed by atoms with Crippen LogP contribution in [-0.2, 0) is 0 Å². The minimum absolute atomic E-state index is 0.600. The molecule has 2 rings (SSSR count). The van der Waals surface area contributed by atoms with Crippen LogP contribution in [0.3, 0.4) is 0 Å². The second-order valence-corrected chi connectivity index (χ2v) is 3.40. The average Bonchev–Trinajstić information content (AvgIpc) is 2.52. The van der Waals surface area contributed by atoms with Crippen LogP contribution >= 0.6 is 15.9 Å². The Kier molecular flexibility index (Phi) is 3.46. The fourth-order valence-corrected chi connectivity index (χ4v) is 1.43. The van der Waals surface area contributed by atoms with E-state index in [9.17, 15) is 0 Å². The summed E-state index contributed by atoms with van der Waals surface area (Å²) in [7, 11) is 0. The molecule has 0 amide bonds. The number of halogens is 1. The third kappa shape index (κ3) is 1.87. The highest BCUT2D eigenvalue weighted by atomic mass is 79.9. The van der Waals surface area contributed by atoms with Gasteiger partial charge in [-0.05, 0) is 22.9 Å². The predicted molar refractivity (Wildman–Crippen MR) is 61.2 cm³/mol. The van der Waals surface area contributed by atoms with Gasteiger partial charge in [0.25, 0.3) is 0 Å². The molecule has 0 spiro atoms. The molecule has 0 aliphatic carbocycles. The first-order chi connectivity index (χ1) is 6.68. The zero-order valence-corrected chi connectivity index (χ0v) is 10.0. The van der Waals surface area contributed by atoms with Crippen molar-refractivity contribution in [3.63, 3.8) is 0 Å². The molecular formula is C9H13BrN4. The molecule has 14 heavy (non-hydrogen) atoms. The first-order valence-electron chi connectivity index (χ1n) is 4.45. The summed E-state index contributed by atoms with van der Waals surface area (Å²) in [5.41, 5.74) is 7.36. The average molecular weight is 257 g/mol. The lowest BCUT2D eigenvalue weighted by molar-refractivity contribution is 0.942. The molecule has 0 saturated carbocycles. The van der Waals surface area contributed by atoms with Gasteiger partial charge in [-0.3, -0.25) is 0 Å². The maximum atomic E-state index is 5.71. The van der Waals surface area contributed by atoms with Gasteiger partial charge in [-0.25, -0.2) is 4.98 Å². The Labute approximate surface area is 91.3 Å². The van der Waals surface area contributed by atoms with Crippen molar-refractivity contribution in [2.45, 2.75) is 20.8 Å². The number of hydrogen-bond acceptors (Lipinski definition) is 3. The van der Waals surface area contributed by atoms with E-state index in [-0.39, 0.29) is 0 Å². The lowest BCUT2D eigenvalue weighted by Crippen LogP contribution is -2.00. The molecule has 0 fully saturated rings. The minimum atomic E-state index is 0.600. The van der Waals surface area contributed by atoms with Crippen molar-refractivity contribution >= 4 is 27.4 Å². The molecule has 2 aromatic heterocycles. The predicted octanol–water partition coefficient (Wildman–Crippen LogP) is 2.41. The fraction of sp³-hybridized carbons (Fsp3) is 0.333. The van der Waals surface area contributed by atoms with Crippen LogP contribution in [0.4, 0.5) is 5.82 Å². The second-order valence-electron chi connectivity index (χ2n) is 2.55. The smallest absolute Gasteiger partial charge is 0.171 e. The zero-order chi connectivity index (χ0) is 10.7. The topological polar surface area (TPSA) is 56.2 Å². The molecule has 2 aromatic rings. The monoisotopic (exact) mass is 256 g/mol. The summed E-state index contributed by atoms with van der Waals surface area (Å²) in [5.74, 6) is 0.600. The van der Waals surface area contributed by atoms with Crippen molar-refractivity contribution in [3.8, 4) is 0 Å². The van der Waals surface area contributed by atoms with E-state index in [1.165, 1.54) is 0 Å². The number of anilines is 1. The van der Waals surface area contributed by atoms with Crippen molar-refractivity contribution < 1.29 is 0 Å². The lowest BCUT2D eigenvalue weighted by Gasteiger charge is -1.99. The van der Waals surface area contributed by atoms with Crippen molar-refractivity contribution in [1.29, 1.82) is 0 Å². The summed E-state index contributed by atoms with van der Waals surface area (Å²) in [6.45, 7) is 5.90. The van der Waals surface area contributed by atoms with E-state index in [0.29, 0.717) is 5.82 Å². The summed E-state index contributed by atoms with van der Waals surface area (Å²) < 4.78 is 2.45. The molecule has 0 atom stereocenters. The Balaban J connectivity index is 0.000000461. The highest BCUT2D eigenvalue weighted by molar-refractivity contribution is 9.10. The third-order valence-electron chi connectivity index (χ3n) is 1.58. The molecule has 0 aliphatic rings. The van der Waals surface area contributed by atoms with E-state index in [1.807, 2.05) is 20.8 Å². The number of rotatable bonds is 0. The molecule has 5 heteroatoms. The molecule has 76 valence electrons. The fourth-order valence-electron chi connectivity index (χ4n) is 1.09. The normalized spacial score (nSPS) is 9.71. The van der Waals surface area contributed by atoms with E-state index >= 15 is 0 Å². The van der Waals surface area contributed by atoms with Gasteiger partial charge in [-0.1, -0.05) is 13.8 Å². The van der Waals surface area contributed by atoms with Crippen molar-refractivity contribution in [1.82, 2.24) is 14.6 Å². The van der Waals surface area contributed by atoms with Gasteiger partial charge in [0.2, 0.25) is 0 Å². The van der Waals surface area contributed by atoms with Crippen LogP contribution in [-0.4, -0.2) is 14.6 Å². The van der Waals surface area contributed by atoms with Gasteiger partial charge < -0.3 is 5.73 Å². The quantitative estimate of drug-likeness (QED) is 0.788. The van der Waals surface area contributed by atoms with Gasteiger partial charge in [-0.2, -0.15) is 9.61 Å². The van der Waals surface area contributed by atoms with Gasteiger partial charge >= 0.3 is 0 Å². The zero-order valence-electron chi connectivity index (χ0n) is 8.45. The van der Waals surface area contributed by atoms with E-state index in [0.717, 1.165) is 15.8 Å². The van der Waals surface area contributed by atoms with Crippen LogP contribution in [0.5, 0.6) is 0 Å². The van der Waals surface area contributed by atoms with E-state index in [2.05, 4.69) is 26.0 Å². The number of nitrogens with two attached hydrogens (primary N) is 1. The Hall–Kier alpha value is -1.10. The molecule has 0 aliphatic heterocycles. The molecule has 2 N–H and O–H groups in total. The van der Waals surface area contributed by atoms with Crippen LogP contribution in [0.15, 0.2) is 16.7 Å². The summed E-state index contributed by atoms with van der Waals surface area (Å²) >= 11 is 3.33. The Morgan fingerprint density at radius 3 is 2.71 bits per heavy atom. The lowest BCUT2D eigenvalue weighted by atomic mass is 10.4.